The molecule has 4 aliphatic heterocycles. The van der Waals surface area contributed by atoms with Crippen molar-refractivity contribution in [3.63, 3.8) is 0 Å². The Morgan fingerprint density at radius 2 is 1.97 bits per heavy atom. The van der Waals surface area contributed by atoms with Gasteiger partial charge in [-0.05, 0) is 18.2 Å². The molecular weight excluding hydrogens is 477 g/mol. The van der Waals surface area contributed by atoms with E-state index in [1.807, 2.05) is 0 Å². The number of amides is 1. The summed E-state index contributed by atoms with van der Waals surface area (Å²) in [6.45, 7) is 5.35. The van der Waals surface area contributed by atoms with E-state index in [4.69, 9.17) is 9.73 Å². The number of hydrogen-bond donors (Lipinski definition) is 3. The number of hydrogen-bond acceptors (Lipinski definition) is 8. The number of morpholine rings is 1. The zero-order chi connectivity index (χ0) is 24.9. The molecule has 1 aromatic heterocycles. The number of nitrogens with zero attached hydrogens (tertiary/aromatic N) is 5. The monoisotopic (exact) mass is 504 g/mol. The number of ether oxygens (including phenoxy) is 1. The molecule has 2 unspecified atom stereocenters. The second kappa shape index (κ2) is 9.05. The lowest BCUT2D eigenvalue weighted by Gasteiger charge is -2.48. The predicted octanol–water partition coefficient (Wildman–Crippen LogP) is 0.841. The van der Waals surface area contributed by atoms with Gasteiger partial charge in [-0.25, -0.2) is 9.67 Å². The average molecular weight is 505 g/mol. The summed E-state index contributed by atoms with van der Waals surface area (Å²) in [4.78, 5) is 21.2. The molecule has 192 valence electrons. The second-order valence-electron chi connectivity index (χ2n) is 9.45. The third-order valence-corrected chi connectivity index (χ3v) is 7.05. The maximum Gasteiger partial charge on any atom is 0.416 e. The van der Waals surface area contributed by atoms with Gasteiger partial charge in [-0.2, -0.15) is 18.3 Å². The summed E-state index contributed by atoms with van der Waals surface area (Å²) in [6, 6.07) is 5.38. The lowest BCUT2D eigenvalue weighted by molar-refractivity contribution is -0.137. The van der Waals surface area contributed by atoms with Crippen molar-refractivity contribution < 1.29 is 22.7 Å². The molecule has 2 atom stereocenters. The molecule has 10 nitrogen and oxygen atoms in total. The van der Waals surface area contributed by atoms with Crippen LogP contribution >= 0.6 is 0 Å². The normalized spacial score (nSPS) is 25.1. The van der Waals surface area contributed by atoms with Gasteiger partial charge in [0, 0.05) is 51.2 Å². The van der Waals surface area contributed by atoms with Gasteiger partial charge in [0.1, 0.15) is 11.7 Å². The first-order valence-corrected chi connectivity index (χ1v) is 12.0. The number of alkyl halides is 3. The molecule has 1 aromatic carbocycles. The molecular formula is C23H27F3N8O2. The van der Waals surface area contributed by atoms with Gasteiger partial charge in [-0.15, -0.1) is 0 Å². The Kier molecular flexibility index (Phi) is 5.85. The maximum atomic E-state index is 13.4. The Morgan fingerprint density at radius 3 is 2.69 bits per heavy atom. The van der Waals surface area contributed by atoms with E-state index >= 15 is 0 Å². The molecule has 6 rings (SSSR count). The van der Waals surface area contributed by atoms with Crippen molar-refractivity contribution in [1.82, 2.24) is 30.2 Å². The van der Waals surface area contributed by atoms with E-state index in [0.29, 0.717) is 30.5 Å². The highest BCUT2D eigenvalue weighted by atomic mass is 19.4. The zero-order valence-electron chi connectivity index (χ0n) is 19.5. The van der Waals surface area contributed by atoms with Crippen LogP contribution in [0.4, 0.5) is 19.0 Å². The smallest absolute Gasteiger partial charge is 0.379 e. The van der Waals surface area contributed by atoms with Crippen molar-refractivity contribution in [3.05, 3.63) is 41.6 Å². The number of halogens is 3. The van der Waals surface area contributed by atoms with Crippen LogP contribution in [-0.2, 0) is 15.7 Å². The minimum Gasteiger partial charge on any atom is -0.379 e. The van der Waals surface area contributed by atoms with E-state index < -0.39 is 18.0 Å². The van der Waals surface area contributed by atoms with Gasteiger partial charge < -0.3 is 20.3 Å². The molecule has 2 aromatic rings. The zero-order valence-corrected chi connectivity index (χ0v) is 19.5. The number of aliphatic imine (C=N–C) groups is 1. The minimum atomic E-state index is -4.46. The lowest BCUT2D eigenvalue weighted by atomic mass is 10.0. The first-order chi connectivity index (χ1) is 17.3. The molecule has 13 heteroatoms. The van der Waals surface area contributed by atoms with E-state index in [9.17, 15) is 18.0 Å². The second-order valence-corrected chi connectivity index (χ2v) is 9.45. The summed E-state index contributed by atoms with van der Waals surface area (Å²) in [6.07, 6.45) is -3.04. The number of benzene rings is 1. The Bertz CT molecular complexity index is 1170. The number of fused-ring (bicyclic) bond motifs is 1. The van der Waals surface area contributed by atoms with Crippen LogP contribution < -0.4 is 16.0 Å². The number of aromatic nitrogens is 2. The van der Waals surface area contributed by atoms with Crippen LogP contribution in [0.5, 0.6) is 0 Å². The standard InChI is InChI=1S/C23H27F3N8O2/c24-23(25,26)14-2-1-3-16(8-14)34-21-18(11-28-34)20(30-22(31-21)29-15-9-19(35)27-10-15)33-12-17(13-33)32-4-6-36-7-5-32/h1-3,8,11,15,17,22,29,31H,4-7,9-10,12-13H2,(H,27,35). The van der Waals surface area contributed by atoms with E-state index in [1.54, 1.807) is 12.3 Å². The highest BCUT2D eigenvalue weighted by Gasteiger charge is 2.39. The van der Waals surface area contributed by atoms with E-state index in [2.05, 4.69) is 30.8 Å². The number of nitrogens with one attached hydrogen (secondary N) is 3. The van der Waals surface area contributed by atoms with Gasteiger partial charge in [-0.3, -0.25) is 15.0 Å². The van der Waals surface area contributed by atoms with E-state index in [-0.39, 0.29) is 11.9 Å². The Hall–Kier alpha value is -3.16. The summed E-state index contributed by atoms with van der Waals surface area (Å²) in [5.41, 5.74) is 0.285. The Morgan fingerprint density at radius 1 is 1.17 bits per heavy atom. The Balaban J connectivity index is 1.29. The van der Waals surface area contributed by atoms with Crippen molar-refractivity contribution in [2.45, 2.75) is 31.0 Å². The van der Waals surface area contributed by atoms with Crippen LogP contribution in [-0.4, -0.2) is 95.6 Å². The number of anilines is 1. The van der Waals surface area contributed by atoms with Crippen molar-refractivity contribution in [2.75, 3.05) is 51.3 Å². The number of likely N-dealkylation sites (tertiary alicyclic amines) is 1. The number of carbonyl (C=O) groups excluding carboxylic acids is 1. The summed E-state index contributed by atoms with van der Waals surface area (Å²) in [5, 5.41) is 13.9. The van der Waals surface area contributed by atoms with Crippen LogP contribution in [0.1, 0.15) is 17.5 Å². The van der Waals surface area contributed by atoms with Gasteiger partial charge >= 0.3 is 6.18 Å². The predicted molar refractivity (Wildman–Crippen MR) is 125 cm³/mol. The summed E-state index contributed by atoms with van der Waals surface area (Å²) in [7, 11) is 0. The fraction of sp³-hybridized carbons (Fsp3) is 0.522. The van der Waals surface area contributed by atoms with Gasteiger partial charge in [0.15, 0.2) is 6.29 Å². The maximum absolute atomic E-state index is 13.4. The summed E-state index contributed by atoms with van der Waals surface area (Å²) in [5.74, 6) is 1.27. The van der Waals surface area contributed by atoms with Crippen LogP contribution in [0, 0.1) is 0 Å². The first-order valence-electron chi connectivity index (χ1n) is 12.0. The molecule has 3 fully saturated rings. The molecule has 0 aliphatic carbocycles. The van der Waals surface area contributed by atoms with Crippen LogP contribution in [0.25, 0.3) is 5.69 Å². The van der Waals surface area contributed by atoms with Crippen LogP contribution in [0.3, 0.4) is 0 Å². The molecule has 0 spiro atoms. The molecule has 3 N–H and O–H groups in total. The minimum absolute atomic E-state index is 0.0293. The molecule has 5 heterocycles. The molecule has 36 heavy (non-hydrogen) atoms. The van der Waals surface area contributed by atoms with Crippen molar-refractivity contribution in [2.24, 2.45) is 4.99 Å². The molecule has 3 saturated heterocycles. The number of carbonyl (C=O) groups is 1. The van der Waals surface area contributed by atoms with E-state index in [0.717, 1.165) is 62.9 Å². The molecule has 0 saturated carbocycles. The summed E-state index contributed by atoms with van der Waals surface area (Å²) < 4.78 is 47.0. The largest absolute Gasteiger partial charge is 0.416 e. The fourth-order valence-corrected chi connectivity index (χ4v) is 5.09. The lowest BCUT2D eigenvalue weighted by Crippen LogP contribution is -2.63. The highest BCUT2D eigenvalue weighted by Crippen LogP contribution is 2.33. The van der Waals surface area contributed by atoms with Gasteiger partial charge in [0.05, 0.1) is 36.2 Å². The van der Waals surface area contributed by atoms with Gasteiger partial charge in [0.2, 0.25) is 5.91 Å². The summed E-state index contributed by atoms with van der Waals surface area (Å²) >= 11 is 0. The highest BCUT2D eigenvalue weighted by molar-refractivity contribution is 6.04. The average Bonchev–Trinajstić information content (AvgIpc) is 3.44. The van der Waals surface area contributed by atoms with Crippen molar-refractivity contribution in [1.29, 1.82) is 0 Å². The number of rotatable bonds is 4. The third kappa shape index (κ3) is 4.42. The SMILES string of the molecule is O=C1CC(NC2N=C(N3CC(N4CCOCC4)C3)c3cnn(-c4cccc(C(F)(F)F)c4)c3N2)CN1. The van der Waals surface area contributed by atoms with Crippen molar-refractivity contribution >= 4 is 17.6 Å². The van der Waals surface area contributed by atoms with E-state index in [1.165, 1.54) is 10.7 Å². The Labute approximate surface area is 205 Å². The molecule has 1 amide bonds. The topological polar surface area (TPSA) is 99.1 Å². The molecule has 4 aliphatic rings. The third-order valence-electron chi connectivity index (χ3n) is 7.05. The fourth-order valence-electron chi connectivity index (χ4n) is 5.09. The van der Waals surface area contributed by atoms with Gasteiger partial charge in [-0.1, -0.05) is 6.07 Å². The van der Waals surface area contributed by atoms with Crippen LogP contribution in [0.15, 0.2) is 35.5 Å². The van der Waals surface area contributed by atoms with Gasteiger partial charge in [0.25, 0.3) is 0 Å². The van der Waals surface area contributed by atoms with Crippen molar-refractivity contribution in [3.8, 4) is 5.69 Å². The first kappa shape index (κ1) is 23.3. The van der Waals surface area contributed by atoms with Crippen LogP contribution in [0.2, 0.25) is 0 Å². The quantitative estimate of drug-likeness (QED) is 0.568. The number of amidine groups is 1. The molecule has 0 bridgehead atoms. The molecule has 0 radical (unpaired) electrons.